The molecule has 7 heteroatoms. The zero-order valence-corrected chi connectivity index (χ0v) is 14.5. The van der Waals surface area contributed by atoms with Gasteiger partial charge in [-0.15, -0.1) is 0 Å². The average molecular weight is 365 g/mol. The molecule has 4 rings (SSSR count). The van der Waals surface area contributed by atoms with Gasteiger partial charge in [0.25, 0.3) is 6.43 Å². The van der Waals surface area contributed by atoms with Crippen molar-refractivity contribution in [3.63, 3.8) is 0 Å². The molecule has 2 aliphatic rings. The first-order valence-electron chi connectivity index (χ1n) is 8.52. The van der Waals surface area contributed by atoms with Gasteiger partial charge in [-0.2, -0.15) is 0 Å². The number of halogens is 3. The van der Waals surface area contributed by atoms with Gasteiger partial charge in [-0.1, -0.05) is 17.7 Å². The third-order valence-electron chi connectivity index (χ3n) is 4.69. The summed E-state index contributed by atoms with van der Waals surface area (Å²) in [4.78, 5) is 12.9. The zero-order chi connectivity index (χ0) is 17.4. The molecule has 1 aromatic heterocycles. The maximum Gasteiger partial charge on any atom is 0.280 e. The average Bonchev–Trinajstić information content (AvgIpc) is 3.47. The monoisotopic (exact) mass is 364 g/mol. The number of hydrogen-bond donors (Lipinski definition) is 0. The number of rotatable bonds is 4. The summed E-state index contributed by atoms with van der Waals surface area (Å²) in [5.41, 5.74) is 0.922. The van der Waals surface area contributed by atoms with Gasteiger partial charge in [-0.25, -0.2) is 18.7 Å². The van der Waals surface area contributed by atoms with Crippen molar-refractivity contribution in [2.75, 3.05) is 36.0 Å². The highest BCUT2D eigenvalue weighted by Crippen LogP contribution is 2.39. The van der Waals surface area contributed by atoms with Gasteiger partial charge in [0.1, 0.15) is 17.3 Å². The minimum atomic E-state index is -2.56. The lowest BCUT2D eigenvalue weighted by Crippen LogP contribution is -2.47. The predicted molar refractivity (Wildman–Crippen MR) is 94.8 cm³/mol. The lowest BCUT2D eigenvalue weighted by atomic mass is 10.2. The maximum atomic E-state index is 13.2. The van der Waals surface area contributed by atoms with Gasteiger partial charge in [0.2, 0.25) is 0 Å². The van der Waals surface area contributed by atoms with E-state index in [2.05, 4.69) is 19.8 Å². The van der Waals surface area contributed by atoms with Gasteiger partial charge in [0.15, 0.2) is 0 Å². The van der Waals surface area contributed by atoms with Crippen molar-refractivity contribution in [3.05, 3.63) is 46.9 Å². The Labute approximate surface area is 150 Å². The van der Waals surface area contributed by atoms with E-state index >= 15 is 0 Å². The summed E-state index contributed by atoms with van der Waals surface area (Å²) in [6.07, 6.45) is -0.574. The van der Waals surface area contributed by atoms with E-state index in [1.807, 2.05) is 24.3 Å². The van der Waals surface area contributed by atoms with E-state index in [-0.39, 0.29) is 11.6 Å². The van der Waals surface area contributed by atoms with Crippen molar-refractivity contribution in [2.24, 2.45) is 0 Å². The van der Waals surface area contributed by atoms with Crippen molar-refractivity contribution in [3.8, 4) is 0 Å². The molecule has 0 bridgehead atoms. The maximum absolute atomic E-state index is 13.2. The van der Waals surface area contributed by atoms with Crippen molar-refractivity contribution >= 4 is 23.1 Å². The van der Waals surface area contributed by atoms with E-state index in [0.717, 1.165) is 44.7 Å². The Kier molecular flexibility index (Phi) is 4.46. The fraction of sp³-hybridized carbons (Fsp3) is 0.444. The van der Waals surface area contributed by atoms with E-state index in [1.165, 1.54) is 6.07 Å². The second-order valence-electron chi connectivity index (χ2n) is 6.54. The lowest BCUT2D eigenvalue weighted by Gasteiger charge is -2.37. The number of piperazine rings is 1. The first-order valence-corrected chi connectivity index (χ1v) is 8.90. The van der Waals surface area contributed by atoms with Crippen LogP contribution in [0.15, 0.2) is 30.3 Å². The minimum Gasteiger partial charge on any atom is -0.368 e. The summed E-state index contributed by atoms with van der Waals surface area (Å²) in [6.45, 7) is 3.06. The summed E-state index contributed by atoms with van der Waals surface area (Å²) < 4.78 is 26.3. The first kappa shape index (κ1) is 16.5. The first-order chi connectivity index (χ1) is 12.1. The summed E-state index contributed by atoms with van der Waals surface area (Å²) in [5, 5.41) is 0.714. The van der Waals surface area contributed by atoms with Crippen LogP contribution >= 0.6 is 11.6 Å². The minimum absolute atomic E-state index is 0.163. The Balaban J connectivity index is 1.50. The van der Waals surface area contributed by atoms with Crippen molar-refractivity contribution in [1.82, 2.24) is 9.97 Å². The van der Waals surface area contributed by atoms with Crippen LogP contribution in [-0.4, -0.2) is 36.1 Å². The van der Waals surface area contributed by atoms with E-state index in [0.29, 0.717) is 16.7 Å². The second kappa shape index (κ2) is 6.75. The second-order valence-corrected chi connectivity index (χ2v) is 6.97. The molecule has 0 spiro atoms. The lowest BCUT2D eigenvalue weighted by molar-refractivity contribution is 0.145. The summed E-state index contributed by atoms with van der Waals surface area (Å²) in [5.74, 6) is 1.45. The standard InChI is InChI=1S/C18H19ClF2N4/c19-13-2-1-3-14(10-13)24-6-8-25(9-7-24)16-11-15(17(20)21)22-18(23-16)12-4-5-12/h1-3,10-12,17H,4-9H2. The van der Waals surface area contributed by atoms with Crippen LogP contribution < -0.4 is 9.80 Å². The van der Waals surface area contributed by atoms with Crippen LogP contribution in [0, 0.1) is 0 Å². The molecule has 1 aromatic carbocycles. The molecule has 4 nitrogen and oxygen atoms in total. The molecule has 0 unspecified atom stereocenters. The fourth-order valence-corrected chi connectivity index (χ4v) is 3.32. The topological polar surface area (TPSA) is 32.3 Å². The molecular weight excluding hydrogens is 346 g/mol. The van der Waals surface area contributed by atoms with Crippen LogP contribution in [0.1, 0.15) is 36.7 Å². The number of nitrogens with zero attached hydrogens (tertiary/aromatic N) is 4. The SMILES string of the molecule is FC(F)c1cc(N2CCN(c3cccc(Cl)c3)CC2)nc(C2CC2)n1. The number of aromatic nitrogens is 2. The molecule has 2 aromatic rings. The number of hydrogen-bond acceptors (Lipinski definition) is 4. The van der Waals surface area contributed by atoms with Crippen molar-refractivity contribution < 1.29 is 8.78 Å². The molecule has 0 radical (unpaired) electrons. The summed E-state index contributed by atoms with van der Waals surface area (Å²) >= 11 is 6.06. The summed E-state index contributed by atoms with van der Waals surface area (Å²) in [7, 11) is 0. The molecule has 0 atom stereocenters. The van der Waals surface area contributed by atoms with Crippen LogP contribution in [-0.2, 0) is 0 Å². The van der Waals surface area contributed by atoms with Gasteiger partial charge in [0, 0.05) is 48.9 Å². The van der Waals surface area contributed by atoms with E-state index in [1.54, 1.807) is 0 Å². The zero-order valence-electron chi connectivity index (χ0n) is 13.7. The Morgan fingerprint density at radius 1 is 1.00 bits per heavy atom. The van der Waals surface area contributed by atoms with Crippen LogP contribution in [0.25, 0.3) is 0 Å². The Hall–Kier alpha value is -1.95. The highest BCUT2D eigenvalue weighted by atomic mass is 35.5. The van der Waals surface area contributed by atoms with Crippen LogP contribution in [0.3, 0.4) is 0 Å². The Bertz CT molecular complexity index is 738. The molecular formula is C18H19ClF2N4. The molecule has 2 heterocycles. The molecule has 25 heavy (non-hydrogen) atoms. The van der Waals surface area contributed by atoms with Gasteiger partial charge in [0.05, 0.1) is 0 Å². The van der Waals surface area contributed by atoms with Gasteiger partial charge in [-0.05, 0) is 31.0 Å². The van der Waals surface area contributed by atoms with Crippen LogP contribution in [0.2, 0.25) is 5.02 Å². The third-order valence-corrected chi connectivity index (χ3v) is 4.93. The van der Waals surface area contributed by atoms with Crippen molar-refractivity contribution in [2.45, 2.75) is 25.2 Å². The third kappa shape index (κ3) is 3.68. The Morgan fingerprint density at radius 3 is 2.36 bits per heavy atom. The highest BCUT2D eigenvalue weighted by Gasteiger charge is 2.29. The molecule has 0 N–H and O–H groups in total. The van der Waals surface area contributed by atoms with Gasteiger partial charge in [-0.3, -0.25) is 0 Å². The smallest absolute Gasteiger partial charge is 0.280 e. The normalized spacial score (nSPS) is 18.1. The van der Waals surface area contributed by atoms with Gasteiger partial charge < -0.3 is 9.80 Å². The predicted octanol–water partition coefficient (Wildman–Crippen LogP) is 4.27. The van der Waals surface area contributed by atoms with Crippen LogP contribution in [0.4, 0.5) is 20.3 Å². The molecule has 132 valence electrons. The number of benzene rings is 1. The quantitative estimate of drug-likeness (QED) is 0.811. The number of alkyl halides is 2. The van der Waals surface area contributed by atoms with Gasteiger partial charge >= 0.3 is 0 Å². The fourth-order valence-electron chi connectivity index (χ4n) is 3.14. The van der Waals surface area contributed by atoms with Crippen molar-refractivity contribution in [1.29, 1.82) is 0 Å². The number of anilines is 2. The largest absolute Gasteiger partial charge is 0.368 e. The van der Waals surface area contributed by atoms with E-state index < -0.39 is 6.43 Å². The molecule has 1 aliphatic heterocycles. The highest BCUT2D eigenvalue weighted by molar-refractivity contribution is 6.30. The molecule has 1 saturated carbocycles. The van der Waals surface area contributed by atoms with E-state index in [9.17, 15) is 8.78 Å². The molecule has 1 saturated heterocycles. The molecule has 2 fully saturated rings. The van der Waals surface area contributed by atoms with Crippen LogP contribution in [0.5, 0.6) is 0 Å². The Morgan fingerprint density at radius 2 is 1.72 bits per heavy atom. The molecule has 1 aliphatic carbocycles. The summed E-state index contributed by atoms with van der Waals surface area (Å²) in [6, 6.07) is 9.21. The molecule has 0 amide bonds. The van der Waals surface area contributed by atoms with E-state index in [4.69, 9.17) is 11.6 Å².